The van der Waals surface area contributed by atoms with Crippen molar-refractivity contribution < 1.29 is 19.8 Å². The van der Waals surface area contributed by atoms with Gasteiger partial charge < -0.3 is 20.8 Å². The van der Waals surface area contributed by atoms with E-state index >= 15 is 0 Å². The number of carboxylic acid groups (broad SMARTS) is 1. The number of aliphatic carboxylic acids is 1. The molecule has 2 atom stereocenters. The highest BCUT2D eigenvalue weighted by atomic mass is 32.1. The Morgan fingerprint density at radius 3 is 2.65 bits per heavy atom. The molecule has 0 saturated heterocycles. The van der Waals surface area contributed by atoms with Crippen molar-refractivity contribution in [2.24, 2.45) is 0 Å². The van der Waals surface area contributed by atoms with Crippen LogP contribution >= 0.6 is 11.3 Å². The number of hydrogen-bond donors (Lipinski definition) is 4. The van der Waals surface area contributed by atoms with Gasteiger partial charge in [-0.2, -0.15) is 0 Å². The Morgan fingerprint density at radius 1 is 1.47 bits per heavy atom. The predicted molar refractivity (Wildman–Crippen MR) is 62.9 cm³/mol. The van der Waals surface area contributed by atoms with Crippen LogP contribution in [0, 0.1) is 0 Å². The summed E-state index contributed by atoms with van der Waals surface area (Å²) in [6.45, 7) is 1.15. The zero-order chi connectivity index (χ0) is 12.8. The first-order chi connectivity index (χ1) is 8.04. The highest BCUT2D eigenvalue weighted by Gasteiger charge is 2.19. The number of carboxylic acids is 1. The van der Waals surface area contributed by atoms with Crippen molar-refractivity contribution in [3.8, 4) is 0 Å². The van der Waals surface area contributed by atoms with E-state index in [9.17, 15) is 9.59 Å². The van der Waals surface area contributed by atoms with Gasteiger partial charge in [0, 0.05) is 4.88 Å². The average molecular weight is 258 g/mol. The topological polar surface area (TPSA) is 98.7 Å². The van der Waals surface area contributed by atoms with Crippen LogP contribution in [0.5, 0.6) is 0 Å². The molecule has 0 saturated carbocycles. The Bertz CT molecular complexity index is 380. The van der Waals surface area contributed by atoms with Crippen molar-refractivity contribution in [3.63, 3.8) is 0 Å². The lowest BCUT2D eigenvalue weighted by molar-refractivity contribution is -0.140. The third-order valence-corrected chi connectivity index (χ3v) is 3.16. The molecule has 0 aliphatic heterocycles. The normalized spacial score (nSPS) is 13.8. The second-order valence-corrected chi connectivity index (χ2v) is 4.41. The van der Waals surface area contributed by atoms with Crippen molar-refractivity contribution >= 4 is 23.3 Å². The van der Waals surface area contributed by atoms with Crippen molar-refractivity contribution in [2.45, 2.75) is 19.0 Å². The molecule has 0 spiro atoms. The van der Waals surface area contributed by atoms with Gasteiger partial charge in [0.1, 0.15) is 0 Å². The summed E-state index contributed by atoms with van der Waals surface area (Å²) in [5.74, 6) is -1.27. The largest absolute Gasteiger partial charge is 0.480 e. The quantitative estimate of drug-likeness (QED) is 0.620. The molecule has 1 heterocycles. The summed E-state index contributed by atoms with van der Waals surface area (Å²) in [5, 5.41) is 24.0. The van der Waals surface area contributed by atoms with E-state index in [4.69, 9.17) is 10.2 Å². The number of urea groups is 1. The number of hydrogen-bond acceptors (Lipinski definition) is 4. The van der Waals surface area contributed by atoms with Crippen LogP contribution in [0.3, 0.4) is 0 Å². The molecule has 0 bridgehead atoms. The maximum Gasteiger partial charge on any atom is 0.328 e. The van der Waals surface area contributed by atoms with Crippen LogP contribution in [0.15, 0.2) is 17.5 Å². The number of aliphatic hydroxyl groups excluding tert-OH is 1. The fourth-order valence-electron chi connectivity index (χ4n) is 1.19. The number of carbonyl (C=O) groups excluding carboxylic acids is 1. The molecule has 2 amide bonds. The van der Waals surface area contributed by atoms with E-state index in [1.807, 2.05) is 17.5 Å². The number of carbonyl (C=O) groups is 2. The first-order valence-corrected chi connectivity index (χ1v) is 5.86. The molecule has 4 N–H and O–H groups in total. The Labute approximate surface area is 102 Å². The number of amides is 2. The highest BCUT2D eigenvalue weighted by molar-refractivity contribution is 7.10. The maximum atomic E-state index is 11.4. The molecule has 94 valence electrons. The minimum absolute atomic E-state index is 0.205. The van der Waals surface area contributed by atoms with Crippen molar-refractivity contribution in [1.29, 1.82) is 0 Å². The van der Waals surface area contributed by atoms with Crippen LogP contribution in [0.2, 0.25) is 0 Å². The molecule has 2 unspecified atom stereocenters. The lowest BCUT2D eigenvalue weighted by atomic mass is 10.3. The van der Waals surface area contributed by atoms with E-state index in [0.29, 0.717) is 0 Å². The lowest BCUT2D eigenvalue weighted by Gasteiger charge is -2.16. The Morgan fingerprint density at radius 2 is 2.18 bits per heavy atom. The standard InChI is InChI=1S/C10H14N2O4S/c1-6(8-3-2-4-17-8)11-10(16)12-7(5-13)9(14)15/h2-4,6-7,13H,5H2,1H3,(H,14,15)(H2,11,12,16). The lowest BCUT2D eigenvalue weighted by Crippen LogP contribution is -2.48. The molecular weight excluding hydrogens is 244 g/mol. The van der Waals surface area contributed by atoms with Gasteiger partial charge in [0.2, 0.25) is 0 Å². The first-order valence-electron chi connectivity index (χ1n) is 4.98. The molecule has 0 aliphatic carbocycles. The summed E-state index contributed by atoms with van der Waals surface area (Å²) in [6.07, 6.45) is 0. The molecule has 0 aromatic carbocycles. The summed E-state index contributed by atoms with van der Waals surface area (Å²) >= 11 is 1.50. The molecule has 17 heavy (non-hydrogen) atoms. The van der Waals surface area contributed by atoms with Gasteiger partial charge in [0.25, 0.3) is 0 Å². The van der Waals surface area contributed by atoms with Crippen molar-refractivity contribution in [2.75, 3.05) is 6.61 Å². The van der Waals surface area contributed by atoms with Gasteiger partial charge in [-0.3, -0.25) is 0 Å². The number of thiophene rings is 1. The number of rotatable bonds is 5. The summed E-state index contributed by atoms with van der Waals surface area (Å²) in [6, 6.07) is 1.63. The van der Waals surface area contributed by atoms with E-state index in [1.165, 1.54) is 11.3 Å². The van der Waals surface area contributed by atoms with Crippen LogP contribution in [0.1, 0.15) is 17.8 Å². The van der Waals surface area contributed by atoms with Crippen molar-refractivity contribution in [3.05, 3.63) is 22.4 Å². The van der Waals surface area contributed by atoms with Gasteiger partial charge in [-0.1, -0.05) is 6.07 Å². The highest BCUT2D eigenvalue weighted by Crippen LogP contribution is 2.17. The van der Waals surface area contributed by atoms with Crippen LogP contribution in [-0.2, 0) is 4.79 Å². The fourth-order valence-corrected chi connectivity index (χ4v) is 1.93. The summed E-state index contributed by atoms with van der Waals surface area (Å²) in [5.41, 5.74) is 0. The van der Waals surface area contributed by atoms with Crippen LogP contribution < -0.4 is 10.6 Å². The predicted octanol–water partition coefficient (Wildman–Crippen LogP) is 0.554. The van der Waals surface area contributed by atoms with E-state index in [1.54, 1.807) is 6.92 Å². The maximum absolute atomic E-state index is 11.4. The Hall–Kier alpha value is -1.60. The molecule has 7 heteroatoms. The average Bonchev–Trinajstić information content (AvgIpc) is 2.78. The third-order valence-electron chi connectivity index (χ3n) is 2.10. The van der Waals surface area contributed by atoms with E-state index in [2.05, 4.69) is 10.6 Å². The van der Waals surface area contributed by atoms with Crippen molar-refractivity contribution in [1.82, 2.24) is 10.6 Å². The SMILES string of the molecule is CC(NC(=O)NC(CO)C(=O)O)c1cccs1. The summed E-state index contributed by atoms with van der Waals surface area (Å²) in [4.78, 5) is 23.0. The van der Waals surface area contributed by atoms with Gasteiger partial charge in [-0.05, 0) is 18.4 Å². The molecule has 0 aliphatic rings. The van der Waals surface area contributed by atoms with E-state index in [0.717, 1.165) is 4.88 Å². The second kappa shape index (κ2) is 6.21. The Kier molecular flexibility index (Phi) is 4.92. The van der Waals surface area contributed by atoms with Gasteiger partial charge in [-0.15, -0.1) is 11.3 Å². The smallest absolute Gasteiger partial charge is 0.328 e. The number of aliphatic hydroxyl groups is 1. The van der Waals surface area contributed by atoms with Gasteiger partial charge in [0.15, 0.2) is 6.04 Å². The van der Waals surface area contributed by atoms with Crippen LogP contribution in [0.25, 0.3) is 0 Å². The molecule has 1 aromatic rings. The minimum atomic E-state index is -1.29. The summed E-state index contributed by atoms with van der Waals surface area (Å²) < 4.78 is 0. The molecule has 1 aromatic heterocycles. The molecular formula is C10H14N2O4S. The molecule has 1 rings (SSSR count). The Balaban J connectivity index is 2.47. The molecule has 0 radical (unpaired) electrons. The molecule has 6 nitrogen and oxygen atoms in total. The van der Waals surface area contributed by atoms with Crippen LogP contribution in [0.4, 0.5) is 4.79 Å². The zero-order valence-electron chi connectivity index (χ0n) is 9.21. The van der Waals surface area contributed by atoms with E-state index in [-0.39, 0.29) is 6.04 Å². The van der Waals surface area contributed by atoms with Gasteiger partial charge >= 0.3 is 12.0 Å². The van der Waals surface area contributed by atoms with Crippen LogP contribution in [-0.4, -0.2) is 34.9 Å². The van der Waals surface area contributed by atoms with Gasteiger partial charge in [-0.25, -0.2) is 9.59 Å². The van der Waals surface area contributed by atoms with E-state index < -0.39 is 24.6 Å². The number of nitrogens with one attached hydrogen (secondary N) is 2. The fraction of sp³-hybridized carbons (Fsp3) is 0.400. The molecule has 0 fully saturated rings. The minimum Gasteiger partial charge on any atom is -0.480 e. The van der Waals surface area contributed by atoms with Gasteiger partial charge in [0.05, 0.1) is 12.6 Å². The second-order valence-electron chi connectivity index (χ2n) is 3.43. The third kappa shape index (κ3) is 4.04. The monoisotopic (exact) mass is 258 g/mol. The summed E-state index contributed by atoms with van der Waals surface area (Å²) in [7, 11) is 0. The first kappa shape index (κ1) is 13.5. The zero-order valence-corrected chi connectivity index (χ0v) is 10.0.